The second kappa shape index (κ2) is 7.92. The van der Waals surface area contributed by atoms with Gasteiger partial charge in [0.05, 0.1) is 17.8 Å². The molecule has 0 saturated heterocycles. The summed E-state index contributed by atoms with van der Waals surface area (Å²) in [4.78, 5) is 27.7. The number of pyridine rings is 1. The fraction of sp³-hybridized carbons (Fsp3) is 0.286. The Kier molecular flexibility index (Phi) is 5.61. The van der Waals surface area contributed by atoms with Gasteiger partial charge in [-0.3, -0.25) is 9.59 Å². The van der Waals surface area contributed by atoms with Gasteiger partial charge in [-0.15, -0.1) is 0 Å². The highest BCUT2D eigenvalue weighted by molar-refractivity contribution is 6.33. The number of hydrogen-bond donors (Lipinski definition) is 1. The maximum absolute atomic E-state index is 12.8. The zero-order chi connectivity index (χ0) is 19.6. The summed E-state index contributed by atoms with van der Waals surface area (Å²) in [7, 11) is 0. The van der Waals surface area contributed by atoms with Gasteiger partial charge in [-0.05, 0) is 44.4 Å². The predicted octanol–water partition coefficient (Wildman–Crippen LogP) is 4.01. The molecule has 0 radical (unpaired) electrons. The fourth-order valence-corrected chi connectivity index (χ4v) is 3.63. The summed E-state index contributed by atoms with van der Waals surface area (Å²) in [5.41, 5.74) is 4.31. The maximum atomic E-state index is 12.8. The monoisotopic (exact) mass is 383 g/mol. The molecule has 0 amide bonds. The van der Waals surface area contributed by atoms with Crippen molar-refractivity contribution >= 4 is 17.4 Å². The lowest BCUT2D eigenvalue weighted by molar-refractivity contribution is 0.0982. The molecule has 0 aliphatic rings. The minimum absolute atomic E-state index is 0.101. The lowest BCUT2D eigenvalue weighted by Gasteiger charge is -2.06. The molecule has 0 unspecified atom stereocenters. The summed E-state index contributed by atoms with van der Waals surface area (Å²) < 4.78 is 1.64. The van der Waals surface area contributed by atoms with Gasteiger partial charge in [0.1, 0.15) is 5.15 Å². The second-order valence-electron chi connectivity index (χ2n) is 6.76. The number of aryl methyl sites for hydroxylation is 3. The van der Waals surface area contributed by atoms with Crippen molar-refractivity contribution < 1.29 is 4.79 Å². The van der Waals surface area contributed by atoms with Gasteiger partial charge in [0.2, 0.25) is 0 Å². The number of nitrogens with one attached hydrogen (secondary N) is 1. The van der Waals surface area contributed by atoms with Crippen LogP contribution in [-0.2, 0) is 13.0 Å². The molecule has 2 aromatic heterocycles. The highest BCUT2D eigenvalue weighted by Gasteiger charge is 2.21. The summed E-state index contributed by atoms with van der Waals surface area (Å²) in [6.07, 6.45) is 0.588. The molecule has 0 fully saturated rings. The van der Waals surface area contributed by atoms with Crippen molar-refractivity contribution in [1.82, 2.24) is 14.8 Å². The number of H-pyrrole nitrogens is 1. The number of aromatic amines is 1. The first kappa shape index (κ1) is 19.1. The molecule has 0 bridgehead atoms. The highest BCUT2D eigenvalue weighted by atomic mass is 35.5. The SMILES string of the molecule is Cc1cc(C)c(CCC(=O)c2c(C)nn(Cc3ccccc3)c2Cl)c(=O)[nH]1. The smallest absolute Gasteiger partial charge is 0.251 e. The van der Waals surface area contributed by atoms with E-state index in [1.54, 1.807) is 11.6 Å². The van der Waals surface area contributed by atoms with E-state index in [1.807, 2.05) is 50.2 Å². The third kappa shape index (κ3) is 4.19. The molecule has 5 nitrogen and oxygen atoms in total. The molecule has 3 rings (SSSR count). The summed E-state index contributed by atoms with van der Waals surface area (Å²) in [6.45, 7) is 6.01. The number of ketones is 1. The first-order valence-electron chi connectivity index (χ1n) is 8.86. The van der Waals surface area contributed by atoms with E-state index >= 15 is 0 Å². The number of nitrogens with zero attached hydrogens (tertiary/aromatic N) is 2. The molecule has 6 heteroatoms. The number of benzene rings is 1. The first-order chi connectivity index (χ1) is 12.9. The van der Waals surface area contributed by atoms with Crippen molar-refractivity contribution in [1.29, 1.82) is 0 Å². The van der Waals surface area contributed by atoms with Crippen LogP contribution in [0.15, 0.2) is 41.2 Å². The van der Waals surface area contributed by atoms with Gasteiger partial charge in [-0.1, -0.05) is 41.9 Å². The molecular weight excluding hydrogens is 362 g/mol. The first-order valence-corrected chi connectivity index (χ1v) is 9.24. The van der Waals surface area contributed by atoms with Crippen LogP contribution in [0.1, 0.15) is 44.9 Å². The van der Waals surface area contributed by atoms with Crippen LogP contribution < -0.4 is 5.56 Å². The molecule has 0 saturated carbocycles. The van der Waals surface area contributed by atoms with Crippen molar-refractivity contribution in [2.24, 2.45) is 0 Å². The number of aromatic nitrogens is 3. The molecule has 2 heterocycles. The summed E-state index contributed by atoms with van der Waals surface area (Å²) in [5, 5.41) is 4.77. The topological polar surface area (TPSA) is 67.8 Å². The normalized spacial score (nSPS) is 11.0. The molecule has 140 valence electrons. The average Bonchev–Trinajstić information content (AvgIpc) is 2.88. The van der Waals surface area contributed by atoms with Gasteiger partial charge in [0.15, 0.2) is 5.78 Å². The van der Waals surface area contributed by atoms with E-state index in [0.717, 1.165) is 16.8 Å². The standard InChI is InChI=1S/C21H22ClN3O2/c1-13-11-14(2)23-21(27)17(13)9-10-18(26)19-15(3)24-25(20(19)22)12-16-7-5-4-6-8-16/h4-8,11H,9-10,12H2,1-3H3,(H,23,27). The van der Waals surface area contributed by atoms with E-state index in [1.165, 1.54) is 0 Å². The van der Waals surface area contributed by atoms with E-state index in [2.05, 4.69) is 10.1 Å². The molecule has 1 aromatic carbocycles. The zero-order valence-electron chi connectivity index (χ0n) is 15.7. The van der Waals surface area contributed by atoms with E-state index in [-0.39, 0.29) is 17.8 Å². The molecule has 27 heavy (non-hydrogen) atoms. The van der Waals surface area contributed by atoms with Crippen LogP contribution in [0.25, 0.3) is 0 Å². The average molecular weight is 384 g/mol. The molecule has 0 aliphatic carbocycles. The Morgan fingerprint density at radius 2 is 1.89 bits per heavy atom. The van der Waals surface area contributed by atoms with Crippen LogP contribution in [-0.4, -0.2) is 20.5 Å². The quantitative estimate of drug-likeness (QED) is 0.654. The van der Waals surface area contributed by atoms with Crippen LogP contribution in [0.5, 0.6) is 0 Å². The van der Waals surface area contributed by atoms with Gasteiger partial charge in [0.25, 0.3) is 5.56 Å². The minimum Gasteiger partial charge on any atom is -0.326 e. The van der Waals surface area contributed by atoms with Crippen LogP contribution in [0.4, 0.5) is 0 Å². The van der Waals surface area contributed by atoms with Gasteiger partial charge < -0.3 is 4.98 Å². The lowest BCUT2D eigenvalue weighted by Crippen LogP contribution is -2.17. The Hall–Kier alpha value is -2.66. The lowest BCUT2D eigenvalue weighted by atomic mass is 10.0. The van der Waals surface area contributed by atoms with Gasteiger partial charge in [-0.25, -0.2) is 4.68 Å². The molecule has 0 atom stereocenters. The molecule has 1 N–H and O–H groups in total. The van der Waals surface area contributed by atoms with Crippen molar-refractivity contribution in [3.05, 3.63) is 85.5 Å². The Morgan fingerprint density at radius 1 is 1.19 bits per heavy atom. The van der Waals surface area contributed by atoms with Gasteiger partial charge >= 0.3 is 0 Å². The van der Waals surface area contributed by atoms with Crippen molar-refractivity contribution in [3.63, 3.8) is 0 Å². The summed E-state index contributed by atoms with van der Waals surface area (Å²) in [5.74, 6) is -0.101. The Bertz CT molecular complexity index is 1040. The Morgan fingerprint density at radius 3 is 2.56 bits per heavy atom. The fourth-order valence-electron chi connectivity index (χ4n) is 3.29. The van der Waals surface area contributed by atoms with Crippen LogP contribution in [0.2, 0.25) is 5.15 Å². The highest BCUT2D eigenvalue weighted by Crippen LogP contribution is 2.23. The van der Waals surface area contributed by atoms with Crippen LogP contribution >= 0.6 is 11.6 Å². The number of rotatable bonds is 6. The Labute approximate surface area is 163 Å². The minimum atomic E-state index is -0.136. The number of halogens is 1. The number of carbonyl (C=O) groups is 1. The van der Waals surface area contributed by atoms with E-state index in [4.69, 9.17) is 11.6 Å². The third-order valence-corrected chi connectivity index (χ3v) is 5.00. The molecule has 0 spiro atoms. The van der Waals surface area contributed by atoms with Crippen LogP contribution in [0, 0.1) is 20.8 Å². The largest absolute Gasteiger partial charge is 0.326 e. The molecule has 3 aromatic rings. The number of hydrogen-bond acceptors (Lipinski definition) is 3. The van der Waals surface area contributed by atoms with E-state index in [0.29, 0.717) is 34.9 Å². The zero-order valence-corrected chi connectivity index (χ0v) is 16.4. The second-order valence-corrected chi connectivity index (χ2v) is 7.12. The Balaban J connectivity index is 1.79. The van der Waals surface area contributed by atoms with Crippen molar-refractivity contribution in [3.8, 4) is 0 Å². The van der Waals surface area contributed by atoms with Crippen molar-refractivity contribution in [2.75, 3.05) is 0 Å². The summed E-state index contributed by atoms with van der Waals surface area (Å²) >= 11 is 6.45. The number of carbonyl (C=O) groups excluding carboxylic acids is 1. The van der Waals surface area contributed by atoms with Gasteiger partial charge in [-0.2, -0.15) is 5.10 Å². The molecular formula is C21H22ClN3O2. The van der Waals surface area contributed by atoms with Crippen molar-refractivity contribution in [2.45, 2.75) is 40.2 Å². The third-order valence-electron chi connectivity index (χ3n) is 4.62. The maximum Gasteiger partial charge on any atom is 0.251 e. The predicted molar refractivity (Wildman–Crippen MR) is 107 cm³/mol. The molecule has 0 aliphatic heterocycles. The van der Waals surface area contributed by atoms with E-state index < -0.39 is 0 Å². The summed E-state index contributed by atoms with van der Waals surface area (Å²) in [6, 6.07) is 11.7. The number of Topliss-reactive ketones (excluding diaryl/α,β-unsaturated/α-hetero) is 1. The van der Waals surface area contributed by atoms with Gasteiger partial charge in [0, 0.05) is 17.7 Å². The van der Waals surface area contributed by atoms with Crippen LogP contribution in [0.3, 0.4) is 0 Å². The van der Waals surface area contributed by atoms with E-state index in [9.17, 15) is 9.59 Å².